The number of rotatable bonds is 6. The molecule has 0 aliphatic heterocycles. The zero-order chi connectivity index (χ0) is 14.6. The highest BCUT2D eigenvalue weighted by Crippen LogP contribution is 2.11. The number of carbonyl (C=O) groups is 2. The molecule has 0 heterocycles. The van der Waals surface area contributed by atoms with Gasteiger partial charge < -0.3 is 10.8 Å². The molecule has 0 radical (unpaired) electrons. The minimum Gasteiger partial charge on any atom is -0.480 e. The second-order valence-corrected chi connectivity index (χ2v) is 5.35. The topological polar surface area (TPSA) is 127 Å². The fourth-order valence-corrected chi connectivity index (χ4v) is 2.44. The van der Waals surface area contributed by atoms with E-state index in [0.717, 1.165) is 24.3 Å². The second kappa shape index (κ2) is 5.76. The van der Waals surface area contributed by atoms with E-state index in [1.807, 2.05) is 4.72 Å². The molecule has 1 atom stereocenters. The number of nitrogens with one attached hydrogen (secondary N) is 1. The summed E-state index contributed by atoms with van der Waals surface area (Å²) in [6, 6.07) is 2.10. The first-order chi connectivity index (χ1) is 8.72. The predicted octanol–water partition coefficient (Wildman–Crippen LogP) is -0.567. The van der Waals surface area contributed by atoms with Gasteiger partial charge in [-0.25, -0.2) is 12.8 Å². The first-order valence-corrected chi connectivity index (χ1v) is 6.49. The van der Waals surface area contributed by atoms with Crippen LogP contribution in [0.1, 0.15) is 6.42 Å². The van der Waals surface area contributed by atoms with Gasteiger partial charge in [0.25, 0.3) is 0 Å². The first kappa shape index (κ1) is 15.1. The molecule has 0 spiro atoms. The van der Waals surface area contributed by atoms with Crippen LogP contribution in [0.25, 0.3) is 0 Å². The standard InChI is InChI=1S/C10H11FN2O5S/c11-6-1-3-7(4-2-6)19(17,18)13-8(10(15)16)5-9(12)14/h1-4,8,13H,5H2,(H2,12,14)(H,15,16). The number of halogens is 1. The van der Waals surface area contributed by atoms with Crippen molar-refractivity contribution < 1.29 is 27.5 Å². The second-order valence-electron chi connectivity index (χ2n) is 3.64. The van der Waals surface area contributed by atoms with E-state index in [9.17, 15) is 22.4 Å². The van der Waals surface area contributed by atoms with Crippen molar-refractivity contribution in [3.8, 4) is 0 Å². The summed E-state index contributed by atoms with van der Waals surface area (Å²) < 4.78 is 38.1. The molecule has 0 aromatic heterocycles. The Kier molecular flexibility index (Phi) is 4.57. The van der Waals surface area contributed by atoms with E-state index in [0.29, 0.717) is 0 Å². The Balaban J connectivity index is 2.97. The van der Waals surface area contributed by atoms with E-state index in [-0.39, 0.29) is 4.90 Å². The number of carboxylic acid groups (broad SMARTS) is 1. The fourth-order valence-electron chi connectivity index (χ4n) is 1.25. The van der Waals surface area contributed by atoms with Crippen molar-refractivity contribution in [1.82, 2.24) is 4.72 Å². The third-order valence-electron chi connectivity index (χ3n) is 2.12. The van der Waals surface area contributed by atoms with Crippen LogP contribution in [0.2, 0.25) is 0 Å². The van der Waals surface area contributed by atoms with Gasteiger partial charge in [0.05, 0.1) is 11.3 Å². The van der Waals surface area contributed by atoms with Gasteiger partial charge in [0.15, 0.2) is 0 Å². The summed E-state index contributed by atoms with van der Waals surface area (Å²) in [5.74, 6) is -3.13. The lowest BCUT2D eigenvalue weighted by Crippen LogP contribution is -2.43. The summed E-state index contributed by atoms with van der Waals surface area (Å²) in [6.45, 7) is 0. The maximum atomic E-state index is 12.7. The quantitative estimate of drug-likeness (QED) is 0.647. The molecule has 0 aliphatic rings. The zero-order valence-electron chi connectivity index (χ0n) is 9.54. The molecule has 9 heteroatoms. The third kappa shape index (κ3) is 4.30. The van der Waals surface area contributed by atoms with Gasteiger partial charge in [-0.1, -0.05) is 0 Å². The molecular formula is C10H11FN2O5S. The van der Waals surface area contributed by atoms with Gasteiger partial charge in [-0.3, -0.25) is 9.59 Å². The van der Waals surface area contributed by atoms with Gasteiger partial charge in [-0.15, -0.1) is 0 Å². The third-order valence-corrected chi connectivity index (χ3v) is 3.61. The van der Waals surface area contributed by atoms with E-state index >= 15 is 0 Å². The number of hydrogen-bond donors (Lipinski definition) is 3. The molecule has 104 valence electrons. The minimum absolute atomic E-state index is 0.315. The van der Waals surface area contributed by atoms with Gasteiger partial charge in [-0.05, 0) is 24.3 Å². The van der Waals surface area contributed by atoms with Crippen molar-refractivity contribution in [2.75, 3.05) is 0 Å². The van der Waals surface area contributed by atoms with Crippen molar-refractivity contribution >= 4 is 21.9 Å². The number of aliphatic carboxylic acids is 1. The number of benzene rings is 1. The normalized spacial score (nSPS) is 12.9. The van der Waals surface area contributed by atoms with Crippen molar-refractivity contribution in [2.24, 2.45) is 5.73 Å². The number of primary amides is 1. The minimum atomic E-state index is -4.17. The van der Waals surface area contributed by atoms with Gasteiger partial charge >= 0.3 is 5.97 Å². The summed E-state index contributed by atoms with van der Waals surface area (Å²) in [5.41, 5.74) is 4.82. The van der Waals surface area contributed by atoms with Crippen LogP contribution >= 0.6 is 0 Å². The van der Waals surface area contributed by atoms with Crippen LogP contribution < -0.4 is 10.5 Å². The Morgan fingerprint density at radius 3 is 2.26 bits per heavy atom. The first-order valence-electron chi connectivity index (χ1n) is 5.01. The fraction of sp³-hybridized carbons (Fsp3) is 0.200. The molecule has 1 unspecified atom stereocenters. The van der Waals surface area contributed by atoms with Crippen LogP contribution in [0.3, 0.4) is 0 Å². The lowest BCUT2D eigenvalue weighted by Gasteiger charge is -2.13. The van der Waals surface area contributed by atoms with Crippen molar-refractivity contribution in [1.29, 1.82) is 0 Å². The summed E-state index contributed by atoms with van der Waals surface area (Å²) in [5, 5.41) is 8.78. The van der Waals surface area contributed by atoms with Gasteiger partial charge in [0.1, 0.15) is 11.9 Å². The lowest BCUT2D eigenvalue weighted by molar-refractivity contribution is -0.140. The van der Waals surface area contributed by atoms with Gasteiger partial charge in [-0.2, -0.15) is 4.72 Å². The molecule has 0 fully saturated rings. The summed E-state index contributed by atoms with van der Waals surface area (Å²) >= 11 is 0. The van der Waals surface area contributed by atoms with E-state index in [2.05, 4.69) is 0 Å². The highest BCUT2D eigenvalue weighted by Gasteiger charge is 2.26. The molecule has 19 heavy (non-hydrogen) atoms. The van der Waals surface area contributed by atoms with E-state index < -0.39 is 40.2 Å². The highest BCUT2D eigenvalue weighted by atomic mass is 32.2. The largest absolute Gasteiger partial charge is 0.480 e. The Morgan fingerprint density at radius 2 is 1.84 bits per heavy atom. The average Bonchev–Trinajstić information content (AvgIpc) is 2.27. The van der Waals surface area contributed by atoms with Crippen LogP contribution in [0, 0.1) is 5.82 Å². The van der Waals surface area contributed by atoms with Crippen LogP contribution in [0.5, 0.6) is 0 Å². The van der Waals surface area contributed by atoms with Crippen LogP contribution in [0.15, 0.2) is 29.2 Å². The van der Waals surface area contributed by atoms with Crippen LogP contribution in [-0.2, 0) is 19.6 Å². The van der Waals surface area contributed by atoms with Crippen molar-refractivity contribution in [2.45, 2.75) is 17.4 Å². The highest BCUT2D eigenvalue weighted by molar-refractivity contribution is 7.89. The molecule has 1 aromatic carbocycles. The summed E-state index contributed by atoms with van der Waals surface area (Å²) in [7, 11) is -4.17. The maximum absolute atomic E-state index is 12.7. The van der Waals surface area contributed by atoms with Crippen molar-refractivity contribution in [3.63, 3.8) is 0 Å². The van der Waals surface area contributed by atoms with Crippen molar-refractivity contribution in [3.05, 3.63) is 30.1 Å². The Hall–Kier alpha value is -2.00. The molecule has 0 saturated carbocycles. The Labute approximate surface area is 108 Å². The zero-order valence-corrected chi connectivity index (χ0v) is 10.4. The lowest BCUT2D eigenvalue weighted by atomic mass is 10.2. The molecule has 1 amide bonds. The number of sulfonamides is 1. The smallest absolute Gasteiger partial charge is 0.322 e. The molecule has 0 bridgehead atoms. The monoisotopic (exact) mass is 290 g/mol. The summed E-state index contributed by atoms with van der Waals surface area (Å²) in [4.78, 5) is 21.1. The molecule has 1 aromatic rings. The van der Waals surface area contributed by atoms with E-state index in [1.54, 1.807) is 0 Å². The molecular weight excluding hydrogens is 279 g/mol. The molecule has 0 saturated heterocycles. The number of amides is 1. The molecule has 1 rings (SSSR count). The average molecular weight is 290 g/mol. The van der Waals surface area contributed by atoms with E-state index in [1.165, 1.54) is 0 Å². The molecule has 7 nitrogen and oxygen atoms in total. The molecule has 0 aliphatic carbocycles. The SMILES string of the molecule is NC(=O)CC(NS(=O)(=O)c1ccc(F)cc1)C(=O)O. The maximum Gasteiger partial charge on any atom is 0.322 e. The van der Waals surface area contributed by atoms with Gasteiger partial charge in [0.2, 0.25) is 15.9 Å². The Morgan fingerprint density at radius 1 is 1.32 bits per heavy atom. The molecule has 4 N–H and O–H groups in total. The number of carbonyl (C=O) groups excluding carboxylic acids is 1. The Bertz CT molecular complexity index is 584. The number of carboxylic acids is 1. The predicted molar refractivity (Wildman–Crippen MR) is 62.0 cm³/mol. The van der Waals surface area contributed by atoms with Crippen LogP contribution in [-0.4, -0.2) is 31.4 Å². The van der Waals surface area contributed by atoms with Crippen LogP contribution in [0.4, 0.5) is 4.39 Å². The number of hydrogen-bond acceptors (Lipinski definition) is 4. The van der Waals surface area contributed by atoms with Gasteiger partial charge in [0, 0.05) is 0 Å². The van der Waals surface area contributed by atoms with E-state index in [4.69, 9.17) is 10.8 Å². The summed E-state index contributed by atoms with van der Waals surface area (Å²) in [6.07, 6.45) is -0.685. The number of nitrogens with two attached hydrogens (primary N) is 1.